The summed E-state index contributed by atoms with van der Waals surface area (Å²) in [6.45, 7) is 0.447. The molecule has 2 rings (SSSR count). The van der Waals surface area contributed by atoms with Gasteiger partial charge < -0.3 is 0 Å². The van der Waals surface area contributed by atoms with E-state index in [1.807, 2.05) is 12.1 Å². The lowest BCUT2D eigenvalue weighted by molar-refractivity contribution is 0.653. The Morgan fingerprint density at radius 2 is 2.00 bits per heavy atom. The molecule has 2 aromatic rings. The molecule has 1 aromatic carbocycles. The van der Waals surface area contributed by atoms with Gasteiger partial charge in [0.15, 0.2) is 0 Å². The number of fused-ring (bicyclic) bond motifs is 1. The summed E-state index contributed by atoms with van der Waals surface area (Å²) in [6, 6.07) is 7.19. The van der Waals surface area contributed by atoms with Crippen molar-refractivity contribution in [2.24, 2.45) is 0 Å². The Hall–Kier alpha value is -1.07. The van der Waals surface area contributed by atoms with Crippen LogP contribution in [0.25, 0.3) is 10.1 Å². The fraction of sp³-hybridized carbons (Fsp3) is 0.273. The lowest BCUT2D eigenvalue weighted by Gasteiger charge is -2.03. The van der Waals surface area contributed by atoms with Crippen LogP contribution >= 0.6 is 24.0 Å². The van der Waals surface area contributed by atoms with Crippen molar-refractivity contribution < 1.29 is 0 Å². The third kappa shape index (κ3) is 2.05. The first-order valence-electron chi connectivity index (χ1n) is 4.97. The Morgan fingerprint density at radius 3 is 2.75 bits per heavy atom. The van der Waals surface area contributed by atoms with Gasteiger partial charge in [0.05, 0.1) is 5.39 Å². The number of aromatic nitrogens is 1. The summed E-state index contributed by atoms with van der Waals surface area (Å²) >= 11 is 5.19. The minimum absolute atomic E-state index is 0.189. The molecule has 1 aromatic heterocycles. The molecule has 0 unspecified atom stereocenters. The molecule has 16 heavy (non-hydrogen) atoms. The Labute approximate surface area is 102 Å². The molecule has 0 N–H and O–H groups in total. The first kappa shape index (κ1) is 11.4. The Balaban J connectivity index is 2.66. The van der Waals surface area contributed by atoms with E-state index in [0.29, 0.717) is 17.7 Å². The van der Waals surface area contributed by atoms with Crippen LogP contribution in [-0.4, -0.2) is 10.3 Å². The molecule has 3 nitrogen and oxygen atoms in total. The van der Waals surface area contributed by atoms with Gasteiger partial charge in [0.25, 0.3) is 5.56 Å². The smallest absolute Gasteiger partial charge is 0.269 e. The summed E-state index contributed by atoms with van der Waals surface area (Å²) in [5, 5.41) is 0.617. The maximum atomic E-state index is 12.0. The topological polar surface area (TPSA) is 39.1 Å². The van der Waals surface area contributed by atoms with E-state index in [-0.39, 0.29) is 10.4 Å². The van der Waals surface area contributed by atoms with Gasteiger partial charge in [0.1, 0.15) is 0 Å². The van der Waals surface area contributed by atoms with Crippen LogP contribution < -0.4 is 10.4 Å². The first-order chi connectivity index (χ1) is 7.74. The largest absolute Gasteiger partial charge is 0.310 e. The number of hydrogen-bond donors (Lipinski definition) is 1. The Kier molecular flexibility index (Phi) is 3.46. The Morgan fingerprint density at radius 1 is 1.25 bits per heavy atom. The van der Waals surface area contributed by atoms with Crippen molar-refractivity contribution in [2.75, 3.05) is 5.75 Å². The molecule has 0 bridgehead atoms. The quantitative estimate of drug-likeness (QED) is 0.846. The van der Waals surface area contributed by atoms with Crippen molar-refractivity contribution in [1.82, 2.24) is 4.57 Å². The summed E-state index contributed by atoms with van der Waals surface area (Å²) in [5.41, 5.74) is -0.193. The molecule has 0 saturated carbocycles. The van der Waals surface area contributed by atoms with Gasteiger partial charge in [-0.2, -0.15) is 12.6 Å². The van der Waals surface area contributed by atoms with Gasteiger partial charge in [-0.15, -0.1) is 0 Å². The molecule has 0 fully saturated rings. The summed E-state index contributed by atoms with van der Waals surface area (Å²) in [4.78, 5) is 23.5. The third-order valence-electron chi connectivity index (χ3n) is 2.32. The number of thiol groups is 1. The summed E-state index contributed by atoms with van der Waals surface area (Å²) in [5.74, 6) is 0.670. The van der Waals surface area contributed by atoms with Crippen LogP contribution in [0.4, 0.5) is 0 Å². The van der Waals surface area contributed by atoms with E-state index in [9.17, 15) is 9.59 Å². The van der Waals surface area contributed by atoms with Gasteiger partial charge in [0, 0.05) is 11.2 Å². The van der Waals surface area contributed by atoms with Crippen LogP contribution in [0, 0.1) is 0 Å². The average Bonchev–Trinajstić information content (AvgIpc) is 2.29. The maximum absolute atomic E-state index is 12.0. The number of hydrogen-bond acceptors (Lipinski definition) is 4. The molecule has 0 saturated heterocycles. The van der Waals surface area contributed by atoms with Gasteiger partial charge >= 0.3 is 4.87 Å². The monoisotopic (exact) mass is 253 g/mol. The van der Waals surface area contributed by atoms with Gasteiger partial charge in [-0.25, -0.2) is 0 Å². The second kappa shape index (κ2) is 4.84. The maximum Gasteiger partial charge on any atom is 0.310 e. The van der Waals surface area contributed by atoms with E-state index in [1.165, 1.54) is 4.57 Å². The zero-order valence-electron chi connectivity index (χ0n) is 8.55. The highest BCUT2D eigenvalue weighted by molar-refractivity contribution is 7.80. The molecular formula is C11H11NO2S2. The molecule has 0 aliphatic carbocycles. The molecule has 0 aliphatic rings. The van der Waals surface area contributed by atoms with E-state index in [4.69, 9.17) is 0 Å². The lowest BCUT2D eigenvalue weighted by Crippen LogP contribution is -2.31. The molecule has 5 heteroatoms. The molecule has 0 aliphatic heterocycles. The summed E-state index contributed by atoms with van der Waals surface area (Å²) < 4.78 is 2.04. The minimum atomic E-state index is -0.193. The second-order valence-corrected chi connectivity index (χ2v) is 4.84. The third-order valence-corrected chi connectivity index (χ3v) is 3.61. The minimum Gasteiger partial charge on any atom is -0.269 e. The van der Waals surface area contributed by atoms with E-state index in [2.05, 4.69) is 12.6 Å². The lowest BCUT2D eigenvalue weighted by atomic mass is 10.3. The number of nitrogens with zero attached hydrogens (tertiary/aromatic N) is 1. The molecule has 0 atom stereocenters. The van der Waals surface area contributed by atoms with Crippen LogP contribution in [0.1, 0.15) is 6.42 Å². The molecule has 0 radical (unpaired) electrons. The molecule has 0 spiro atoms. The Bertz CT molecular complexity index is 615. The van der Waals surface area contributed by atoms with Crippen molar-refractivity contribution in [3.63, 3.8) is 0 Å². The fourth-order valence-electron chi connectivity index (χ4n) is 1.53. The first-order valence-corrected chi connectivity index (χ1v) is 6.42. The molecule has 84 valence electrons. The highest BCUT2D eigenvalue weighted by atomic mass is 32.1. The van der Waals surface area contributed by atoms with Crippen molar-refractivity contribution in [2.45, 2.75) is 13.0 Å². The van der Waals surface area contributed by atoms with Crippen molar-refractivity contribution in [1.29, 1.82) is 0 Å². The van der Waals surface area contributed by atoms with Crippen LogP contribution in [0.15, 0.2) is 33.9 Å². The van der Waals surface area contributed by atoms with Crippen molar-refractivity contribution in [3.8, 4) is 0 Å². The van der Waals surface area contributed by atoms with E-state index >= 15 is 0 Å². The van der Waals surface area contributed by atoms with Crippen LogP contribution in [0.2, 0.25) is 0 Å². The standard InChI is InChI=1S/C11H11NO2S2/c13-10-8-4-1-2-5-9(8)16-11(14)12(10)6-3-7-15/h1-2,4-5,15H,3,6-7H2. The zero-order chi connectivity index (χ0) is 11.5. The van der Waals surface area contributed by atoms with Gasteiger partial charge in [-0.05, 0) is 24.3 Å². The average molecular weight is 253 g/mol. The van der Waals surface area contributed by atoms with Crippen molar-refractivity contribution >= 4 is 34.1 Å². The van der Waals surface area contributed by atoms with E-state index < -0.39 is 0 Å². The summed E-state index contributed by atoms with van der Waals surface area (Å²) in [6.07, 6.45) is 0.726. The van der Waals surface area contributed by atoms with E-state index in [1.54, 1.807) is 12.1 Å². The highest BCUT2D eigenvalue weighted by Gasteiger charge is 2.06. The second-order valence-electron chi connectivity index (χ2n) is 3.40. The molecule has 1 heterocycles. The van der Waals surface area contributed by atoms with Crippen LogP contribution in [-0.2, 0) is 6.54 Å². The van der Waals surface area contributed by atoms with Crippen LogP contribution in [0.5, 0.6) is 0 Å². The van der Waals surface area contributed by atoms with Gasteiger partial charge in [-0.1, -0.05) is 23.5 Å². The predicted molar refractivity (Wildman–Crippen MR) is 70.8 cm³/mol. The highest BCUT2D eigenvalue weighted by Crippen LogP contribution is 2.10. The van der Waals surface area contributed by atoms with Gasteiger partial charge in [-0.3, -0.25) is 14.2 Å². The van der Waals surface area contributed by atoms with Gasteiger partial charge in [0.2, 0.25) is 0 Å². The zero-order valence-corrected chi connectivity index (χ0v) is 10.3. The summed E-state index contributed by atoms with van der Waals surface area (Å²) in [7, 11) is 0. The van der Waals surface area contributed by atoms with E-state index in [0.717, 1.165) is 22.5 Å². The fourth-order valence-corrected chi connectivity index (χ4v) is 2.56. The number of benzene rings is 1. The normalized spacial score (nSPS) is 10.8. The predicted octanol–water partition coefficient (Wildman–Crippen LogP) is 1.74. The number of rotatable bonds is 3. The van der Waals surface area contributed by atoms with Crippen LogP contribution in [0.3, 0.4) is 0 Å². The SMILES string of the molecule is O=c1sc2ccccc2c(=O)n1CCCS. The van der Waals surface area contributed by atoms with Crippen molar-refractivity contribution in [3.05, 3.63) is 44.3 Å². The molecular weight excluding hydrogens is 242 g/mol. The molecule has 0 amide bonds.